The second-order valence-electron chi connectivity index (χ2n) is 3.97. The van der Waals surface area contributed by atoms with Crippen molar-refractivity contribution in [3.8, 4) is 5.75 Å². The zero-order valence-corrected chi connectivity index (χ0v) is 10.2. The number of hydrogen-bond donors (Lipinski definition) is 0. The first kappa shape index (κ1) is 12.4. The molecule has 0 N–H and O–H groups in total. The van der Waals surface area contributed by atoms with Crippen LogP contribution < -0.4 is 4.74 Å². The Morgan fingerprint density at radius 1 is 1.13 bits per heavy atom. The maximum absolute atomic E-state index is 5.77. The minimum Gasteiger partial charge on any atom is -0.494 e. The quantitative estimate of drug-likeness (QED) is 0.648. The highest BCUT2D eigenvalue weighted by Gasteiger charge is 1.96. The summed E-state index contributed by atoms with van der Waals surface area (Å²) in [5, 5.41) is 0.749. The molecule has 15 heavy (non-hydrogen) atoms. The minimum atomic E-state index is 0.749. The van der Waals surface area contributed by atoms with Gasteiger partial charge in [0.2, 0.25) is 0 Å². The van der Waals surface area contributed by atoms with Gasteiger partial charge in [-0.05, 0) is 49.4 Å². The largest absolute Gasteiger partial charge is 0.494 e. The summed E-state index contributed by atoms with van der Waals surface area (Å²) < 4.78 is 5.57. The Bertz CT molecular complexity index is 266. The summed E-state index contributed by atoms with van der Waals surface area (Å²) in [6, 6.07) is 7.50. The highest BCUT2D eigenvalue weighted by atomic mass is 35.5. The second kappa shape index (κ2) is 6.73. The van der Waals surface area contributed by atoms with Crippen LogP contribution in [-0.2, 0) is 0 Å². The molecule has 83 valence electrons. The number of benzene rings is 1. The molecule has 1 aromatic rings. The first-order valence-corrected chi connectivity index (χ1v) is 5.73. The highest BCUT2D eigenvalue weighted by molar-refractivity contribution is 6.30. The Labute approximate surface area is 97.4 Å². The van der Waals surface area contributed by atoms with E-state index in [1.54, 1.807) is 0 Å². The fourth-order valence-electron chi connectivity index (χ4n) is 1.30. The number of rotatable bonds is 6. The lowest BCUT2D eigenvalue weighted by Gasteiger charge is -2.06. The number of hydrogen-bond acceptors (Lipinski definition) is 1. The molecule has 0 heterocycles. The summed E-state index contributed by atoms with van der Waals surface area (Å²) in [5.41, 5.74) is 0. The summed E-state index contributed by atoms with van der Waals surface area (Å²) in [5.74, 6) is 2.39. The average Bonchev–Trinajstić information content (AvgIpc) is 2.20. The molecule has 0 unspecified atom stereocenters. The predicted octanol–water partition coefficient (Wildman–Crippen LogP) is 4.50. The first-order valence-electron chi connectivity index (χ1n) is 5.36. The van der Waals surface area contributed by atoms with Gasteiger partial charge in [-0.1, -0.05) is 25.4 Å². The molecule has 0 amide bonds. The molecule has 0 aliphatic carbocycles. The molecular weight excluding hydrogens is 208 g/mol. The van der Waals surface area contributed by atoms with Crippen molar-refractivity contribution in [2.45, 2.75) is 33.1 Å². The van der Waals surface area contributed by atoms with Crippen molar-refractivity contribution in [2.75, 3.05) is 6.61 Å². The van der Waals surface area contributed by atoms with Gasteiger partial charge in [-0.15, -0.1) is 0 Å². The van der Waals surface area contributed by atoms with Gasteiger partial charge in [0.25, 0.3) is 0 Å². The van der Waals surface area contributed by atoms with E-state index >= 15 is 0 Å². The van der Waals surface area contributed by atoms with Gasteiger partial charge in [0.1, 0.15) is 5.75 Å². The number of halogens is 1. The van der Waals surface area contributed by atoms with E-state index in [1.807, 2.05) is 24.3 Å². The van der Waals surface area contributed by atoms with Gasteiger partial charge in [-0.25, -0.2) is 0 Å². The topological polar surface area (TPSA) is 9.23 Å². The summed E-state index contributed by atoms with van der Waals surface area (Å²) in [4.78, 5) is 0. The van der Waals surface area contributed by atoms with E-state index in [0.717, 1.165) is 23.8 Å². The van der Waals surface area contributed by atoms with Crippen LogP contribution in [0.5, 0.6) is 5.75 Å². The maximum Gasteiger partial charge on any atom is 0.119 e. The molecule has 1 radical (unpaired) electrons. The van der Waals surface area contributed by atoms with Crippen molar-refractivity contribution in [2.24, 2.45) is 0 Å². The normalized spacial score (nSPS) is 10.7. The zero-order valence-electron chi connectivity index (χ0n) is 9.42. The number of unbranched alkanes of at least 4 members (excludes halogenated alkanes) is 1. The Balaban J connectivity index is 2.12. The molecule has 0 saturated heterocycles. The molecule has 1 rings (SSSR count). The summed E-state index contributed by atoms with van der Waals surface area (Å²) >= 11 is 5.77. The molecule has 0 saturated carbocycles. The molecule has 0 aliphatic rings. The lowest BCUT2D eigenvalue weighted by Crippen LogP contribution is -1.97. The van der Waals surface area contributed by atoms with Crippen molar-refractivity contribution < 1.29 is 4.74 Å². The van der Waals surface area contributed by atoms with Crippen molar-refractivity contribution in [1.29, 1.82) is 0 Å². The summed E-state index contributed by atoms with van der Waals surface area (Å²) in [6.07, 6.45) is 3.51. The van der Waals surface area contributed by atoms with Gasteiger partial charge < -0.3 is 4.74 Å². The zero-order chi connectivity index (χ0) is 11.1. The van der Waals surface area contributed by atoms with Crippen molar-refractivity contribution in [3.05, 3.63) is 35.2 Å². The highest BCUT2D eigenvalue weighted by Crippen LogP contribution is 2.16. The number of ether oxygens (including phenoxy) is 1. The Hall–Kier alpha value is -0.690. The molecular formula is C13H18ClO. The van der Waals surface area contributed by atoms with Crippen molar-refractivity contribution >= 4 is 11.6 Å². The fraction of sp³-hybridized carbons (Fsp3) is 0.462. The Morgan fingerprint density at radius 3 is 2.40 bits per heavy atom. The van der Waals surface area contributed by atoms with Gasteiger partial charge >= 0.3 is 0 Å². The van der Waals surface area contributed by atoms with E-state index in [0.29, 0.717) is 0 Å². The summed E-state index contributed by atoms with van der Waals surface area (Å²) in [7, 11) is 0. The lowest BCUT2D eigenvalue weighted by atomic mass is 10.1. The van der Waals surface area contributed by atoms with Crippen LogP contribution in [0.25, 0.3) is 0 Å². The van der Waals surface area contributed by atoms with Gasteiger partial charge in [-0.3, -0.25) is 0 Å². The summed E-state index contributed by atoms with van der Waals surface area (Å²) in [6.45, 7) is 5.12. The predicted molar refractivity (Wildman–Crippen MR) is 65.4 cm³/mol. The van der Waals surface area contributed by atoms with E-state index in [2.05, 4.69) is 13.8 Å². The third kappa shape index (κ3) is 5.68. The van der Waals surface area contributed by atoms with Crippen LogP contribution in [0.2, 0.25) is 5.02 Å². The third-order valence-electron chi connectivity index (χ3n) is 2.15. The molecule has 0 atom stereocenters. The maximum atomic E-state index is 5.77. The molecule has 0 aliphatic heterocycles. The van der Waals surface area contributed by atoms with Crippen LogP contribution in [0.15, 0.2) is 24.3 Å². The standard InChI is InChI=1S/C13H18ClO/c1-11(2)5-3-4-10-15-13-8-6-12(14)7-9-13/h6-9H,3-5,10H2,1-2H3. The molecule has 1 aromatic carbocycles. The molecule has 1 nitrogen and oxygen atoms in total. The van der Waals surface area contributed by atoms with E-state index < -0.39 is 0 Å². The van der Waals surface area contributed by atoms with Crippen molar-refractivity contribution in [3.63, 3.8) is 0 Å². The van der Waals surface area contributed by atoms with Gasteiger partial charge in [-0.2, -0.15) is 0 Å². The third-order valence-corrected chi connectivity index (χ3v) is 2.41. The van der Waals surface area contributed by atoms with E-state index in [4.69, 9.17) is 16.3 Å². The van der Waals surface area contributed by atoms with Crippen LogP contribution in [0.1, 0.15) is 33.1 Å². The van der Waals surface area contributed by atoms with Gasteiger partial charge in [0.05, 0.1) is 6.61 Å². The molecule has 0 fully saturated rings. The van der Waals surface area contributed by atoms with Gasteiger partial charge in [0, 0.05) is 5.02 Å². The second-order valence-corrected chi connectivity index (χ2v) is 4.40. The van der Waals surface area contributed by atoms with Crippen LogP contribution in [-0.4, -0.2) is 6.61 Å². The van der Waals surface area contributed by atoms with Crippen LogP contribution >= 0.6 is 11.6 Å². The van der Waals surface area contributed by atoms with Crippen LogP contribution in [0.3, 0.4) is 0 Å². The SMILES string of the molecule is C[C](C)CCCCOc1ccc(Cl)cc1. The monoisotopic (exact) mass is 225 g/mol. The molecule has 2 heteroatoms. The Morgan fingerprint density at radius 2 is 1.80 bits per heavy atom. The van der Waals surface area contributed by atoms with Crippen molar-refractivity contribution in [1.82, 2.24) is 0 Å². The molecule has 0 spiro atoms. The lowest BCUT2D eigenvalue weighted by molar-refractivity contribution is 0.306. The van der Waals surface area contributed by atoms with Crippen LogP contribution in [0, 0.1) is 5.92 Å². The van der Waals surface area contributed by atoms with Gasteiger partial charge in [0.15, 0.2) is 0 Å². The molecule has 0 aromatic heterocycles. The molecule has 0 bridgehead atoms. The Kier molecular flexibility index (Phi) is 5.56. The van der Waals surface area contributed by atoms with E-state index in [-0.39, 0.29) is 0 Å². The van der Waals surface area contributed by atoms with E-state index in [9.17, 15) is 0 Å². The van der Waals surface area contributed by atoms with E-state index in [1.165, 1.54) is 18.8 Å². The smallest absolute Gasteiger partial charge is 0.119 e. The minimum absolute atomic E-state index is 0.749. The average molecular weight is 226 g/mol. The fourth-order valence-corrected chi connectivity index (χ4v) is 1.43. The van der Waals surface area contributed by atoms with Crippen LogP contribution in [0.4, 0.5) is 0 Å². The first-order chi connectivity index (χ1) is 7.18.